The molecule has 0 amide bonds. The number of hydrogen-bond donors (Lipinski definition) is 9. The molecule has 2 heterocycles. The second-order valence-electron chi connectivity index (χ2n) is 17.3. The van der Waals surface area contributed by atoms with Gasteiger partial charge in [0, 0.05) is 0 Å². The molecular formula is C38H62O13. The first-order chi connectivity index (χ1) is 24.0. The lowest BCUT2D eigenvalue weighted by molar-refractivity contribution is -0.363. The van der Waals surface area contributed by atoms with Crippen molar-refractivity contribution < 1.29 is 64.9 Å². The van der Waals surface area contributed by atoms with Crippen molar-refractivity contribution in [2.24, 2.45) is 40.4 Å². The minimum atomic E-state index is -1.79. The van der Waals surface area contributed by atoms with Crippen LogP contribution in [0, 0.1) is 40.4 Å². The summed E-state index contributed by atoms with van der Waals surface area (Å²) in [6.45, 7) is 10.1. The van der Waals surface area contributed by atoms with Gasteiger partial charge in [-0.1, -0.05) is 38.5 Å². The summed E-state index contributed by atoms with van der Waals surface area (Å²) in [5, 5.41) is 97.1. The van der Waals surface area contributed by atoms with Crippen molar-refractivity contribution in [2.75, 3.05) is 13.2 Å². The third-order valence-corrected chi connectivity index (χ3v) is 14.0. The molecule has 0 aromatic heterocycles. The van der Waals surface area contributed by atoms with Gasteiger partial charge in [-0.3, -0.25) is 0 Å². The first kappa shape index (κ1) is 39.6. The number of ether oxygens (including phenoxy) is 4. The number of aliphatic hydroxyl groups is 9. The second kappa shape index (κ2) is 15.2. The van der Waals surface area contributed by atoms with Gasteiger partial charge in [-0.2, -0.15) is 0 Å². The van der Waals surface area contributed by atoms with Gasteiger partial charge in [0.05, 0.1) is 25.4 Å². The fourth-order valence-corrected chi connectivity index (χ4v) is 11.2. The molecule has 6 aliphatic rings. The molecule has 2 aliphatic heterocycles. The van der Waals surface area contributed by atoms with E-state index in [0.29, 0.717) is 23.3 Å². The minimum Gasteiger partial charge on any atom is -0.394 e. The summed E-state index contributed by atoms with van der Waals surface area (Å²) in [5.74, 6) is 1.40. The van der Waals surface area contributed by atoms with Gasteiger partial charge >= 0.3 is 0 Å². The summed E-state index contributed by atoms with van der Waals surface area (Å²) >= 11 is 0. The Morgan fingerprint density at radius 2 is 1.61 bits per heavy atom. The van der Waals surface area contributed by atoms with Crippen LogP contribution in [-0.2, 0) is 18.9 Å². The van der Waals surface area contributed by atoms with E-state index < -0.39 is 91.7 Å². The van der Waals surface area contributed by atoms with Crippen molar-refractivity contribution >= 4 is 0 Å². The summed E-state index contributed by atoms with van der Waals surface area (Å²) in [7, 11) is 0. The van der Waals surface area contributed by atoms with E-state index in [1.807, 2.05) is 0 Å². The Labute approximate surface area is 300 Å². The molecule has 0 aromatic carbocycles. The van der Waals surface area contributed by atoms with Crippen molar-refractivity contribution in [3.63, 3.8) is 0 Å². The van der Waals surface area contributed by atoms with Gasteiger partial charge < -0.3 is 64.9 Å². The predicted molar refractivity (Wildman–Crippen MR) is 182 cm³/mol. The highest BCUT2D eigenvalue weighted by atomic mass is 16.8. The molecule has 9 N–H and O–H groups in total. The predicted octanol–water partition coefficient (Wildman–Crippen LogP) is 0.509. The lowest BCUT2D eigenvalue weighted by atomic mass is 9.45. The van der Waals surface area contributed by atoms with Crippen LogP contribution in [0.2, 0.25) is 0 Å². The van der Waals surface area contributed by atoms with Gasteiger partial charge in [0.25, 0.3) is 0 Å². The van der Waals surface area contributed by atoms with Crippen LogP contribution in [0.4, 0.5) is 0 Å². The van der Waals surface area contributed by atoms with Crippen LogP contribution in [0.5, 0.6) is 0 Å². The van der Waals surface area contributed by atoms with Gasteiger partial charge in [-0.05, 0) is 105 Å². The zero-order chi connectivity index (χ0) is 37.2. The van der Waals surface area contributed by atoms with E-state index >= 15 is 0 Å². The third-order valence-electron chi connectivity index (χ3n) is 14.0. The highest BCUT2D eigenvalue weighted by Gasteiger charge is 2.64. The molecule has 20 atom stereocenters. The summed E-state index contributed by atoms with van der Waals surface area (Å²) < 4.78 is 23.5. The fourth-order valence-electron chi connectivity index (χ4n) is 11.2. The first-order valence-electron chi connectivity index (χ1n) is 19.0. The molecule has 4 aliphatic carbocycles. The maximum atomic E-state index is 12.0. The summed E-state index contributed by atoms with van der Waals surface area (Å²) in [6.07, 6.45) is -8.15. The van der Waals surface area contributed by atoms with E-state index in [4.69, 9.17) is 18.9 Å². The van der Waals surface area contributed by atoms with Crippen molar-refractivity contribution in [1.29, 1.82) is 0 Å². The summed E-state index contributed by atoms with van der Waals surface area (Å²) in [6, 6.07) is 0. The van der Waals surface area contributed by atoms with Gasteiger partial charge in [-0.25, -0.2) is 0 Å². The highest BCUT2D eigenvalue weighted by molar-refractivity contribution is 5.32. The van der Waals surface area contributed by atoms with E-state index in [1.54, 1.807) is 6.08 Å². The number of rotatable bonds is 9. The Balaban J connectivity index is 1.25. The monoisotopic (exact) mass is 726 g/mol. The maximum Gasteiger partial charge on any atom is 0.187 e. The molecule has 13 nitrogen and oxygen atoms in total. The van der Waals surface area contributed by atoms with Crippen LogP contribution in [0.3, 0.4) is 0 Å². The average Bonchev–Trinajstić information content (AvgIpc) is 3.44. The molecule has 6 rings (SSSR count). The zero-order valence-corrected chi connectivity index (χ0v) is 30.6. The fraction of sp³-hybridized carbons (Fsp3) is 0.895. The topological polar surface area (TPSA) is 219 Å². The number of hydrogen-bond acceptors (Lipinski definition) is 13. The van der Waals surface area contributed by atoms with Crippen LogP contribution in [0.25, 0.3) is 0 Å². The quantitative estimate of drug-likeness (QED) is 0.148. The molecule has 13 heteroatoms. The number of aliphatic hydroxyl groups excluding tert-OH is 9. The Morgan fingerprint density at radius 1 is 0.882 bits per heavy atom. The Kier molecular flexibility index (Phi) is 11.8. The Hall–Kier alpha value is -1.04. The molecule has 0 unspecified atom stereocenters. The normalized spacial score (nSPS) is 51.9. The number of fused-ring (bicyclic) bond motifs is 5. The van der Waals surface area contributed by atoms with Crippen molar-refractivity contribution in [3.8, 4) is 0 Å². The van der Waals surface area contributed by atoms with Crippen LogP contribution in [0.1, 0.15) is 79.6 Å². The highest BCUT2D eigenvalue weighted by Crippen LogP contribution is 2.67. The van der Waals surface area contributed by atoms with Crippen LogP contribution < -0.4 is 0 Å². The average molecular weight is 727 g/mol. The maximum absolute atomic E-state index is 12.0. The Bertz CT molecular complexity index is 1270. The number of allylic oxidation sites excluding steroid dienone is 2. The second-order valence-corrected chi connectivity index (χ2v) is 17.3. The van der Waals surface area contributed by atoms with Crippen molar-refractivity contribution in [1.82, 2.24) is 0 Å². The molecule has 3 saturated carbocycles. The summed E-state index contributed by atoms with van der Waals surface area (Å²) in [4.78, 5) is 0. The molecule has 0 radical (unpaired) electrons. The SMILES string of the molecule is CC(C)=CCC[C@@H](C)[C@H]1CC[C@H]2[C@@H]3[C@@H](O)C=C4[C@@H](O[C@@H]5OC[C@@H](O)[C@H](O)[C@H]5O[C@@H]5O[C@H](CO)[C@H](O)[C@H](O)[C@H]5O)[C@@H](O)[C@H](O)C[C@]4(C)[C@H]3CC[C@]12C. The van der Waals surface area contributed by atoms with Crippen molar-refractivity contribution in [2.45, 2.75) is 159 Å². The molecule has 292 valence electrons. The summed E-state index contributed by atoms with van der Waals surface area (Å²) in [5.41, 5.74) is 1.42. The van der Waals surface area contributed by atoms with E-state index in [0.717, 1.165) is 38.5 Å². The molecule has 0 aromatic rings. The molecule has 2 saturated heterocycles. The van der Waals surface area contributed by atoms with E-state index in [2.05, 4.69) is 40.7 Å². The first-order valence-corrected chi connectivity index (χ1v) is 19.0. The molecule has 0 bridgehead atoms. The van der Waals surface area contributed by atoms with E-state index in [-0.39, 0.29) is 30.3 Å². The molecule has 5 fully saturated rings. The smallest absolute Gasteiger partial charge is 0.187 e. The Morgan fingerprint density at radius 3 is 2.29 bits per heavy atom. The van der Waals surface area contributed by atoms with Crippen LogP contribution in [-0.4, -0.2) is 139 Å². The van der Waals surface area contributed by atoms with Gasteiger partial charge in [0.2, 0.25) is 0 Å². The minimum absolute atomic E-state index is 0.0133. The lowest BCUT2D eigenvalue weighted by Gasteiger charge is -2.61. The van der Waals surface area contributed by atoms with Crippen LogP contribution in [0.15, 0.2) is 23.3 Å². The van der Waals surface area contributed by atoms with Gasteiger partial charge in [0.15, 0.2) is 12.6 Å². The van der Waals surface area contributed by atoms with E-state index in [9.17, 15) is 46.0 Å². The molecular weight excluding hydrogens is 664 g/mol. The standard InChI is InChI=1S/C38H62O13/c1-17(2)7-6-8-18(3)19-9-10-20-27-21(11-12-37(19,20)4)38(5)14-24(41)28(43)33(22(38)13-23(27)40)50-36-34(29(44)25(42)16-48-36)51-35-32(47)31(46)30(45)26(15-39)49-35/h7,13,18-21,23-36,39-47H,6,8-12,14-16H2,1-5H3/t18-,19-,20+,21+,23+,24-,25-,26-,27+,28+,29+,30+,31+,32-,33-,34-,35+,36+,37-,38-/m1/s1. The van der Waals surface area contributed by atoms with Crippen molar-refractivity contribution in [3.05, 3.63) is 23.3 Å². The van der Waals surface area contributed by atoms with Crippen LogP contribution >= 0.6 is 0 Å². The third kappa shape index (κ3) is 7.03. The molecule has 0 spiro atoms. The largest absolute Gasteiger partial charge is 0.394 e. The lowest BCUT2D eigenvalue weighted by Crippen LogP contribution is -2.64. The zero-order valence-electron chi connectivity index (χ0n) is 30.6. The molecule has 51 heavy (non-hydrogen) atoms. The van der Waals surface area contributed by atoms with E-state index in [1.165, 1.54) is 5.57 Å². The van der Waals surface area contributed by atoms with Gasteiger partial charge in [0.1, 0.15) is 54.9 Å². The van der Waals surface area contributed by atoms with Gasteiger partial charge in [-0.15, -0.1) is 0 Å².